The molecular weight excluding hydrogens is 654 g/mol. The van der Waals surface area contributed by atoms with Gasteiger partial charge in [-0.25, -0.2) is 18.4 Å². The zero-order valence-corrected chi connectivity index (χ0v) is 29.1. The minimum absolute atomic E-state index is 0.192. The van der Waals surface area contributed by atoms with Crippen LogP contribution in [0.25, 0.3) is 11.1 Å². The number of amides is 4. The summed E-state index contributed by atoms with van der Waals surface area (Å²) in [4.78, 5) is 78.2. The largest absolute Gasteiger partial charge is 0.444 e. The maximum Gasteiger partial charge on any atom is 0.411 e. The molecule has 0 spiro atoms. The van der Waals surface area contributed by atoms with Crippen LogP contribution < -0.4 is 10.6 Å². The van der Waals surface area contributed by atoms with Gasteiger partial charge in [-0.1, -0.05) is 48.5 Å². The summed E-state index contributed by atoms with van der Waals surface area (Å²) in [6, 6.07) is 11.0. The molecule has 4 amide bonds. The molecule has 0 saturated carbocycles. The van der Waals surface area contributed by atoms with Crippen molar-refractivity contribution in [3.8, 4) is 11.1 Å². The number of nitrogens with zero attached hydrogens (tertiary/aromatic N) is 2. The van der Waals surface area contributed by atoms with E-state index in [0.29, 0.717) is 11.1 Å². The second kappa shape index (κ2) is 15.3. The summed E-state index contributed by atoms with van der Waals surface area (Å²) in [5, 5.41) is 5.00. The number of hydrogen-bond donors (Lipinski definition) is 2. The fraction of sp³-hybridized carbons (Fsp3) is 0.500. The van der Waals surface area contributed by atoms with E-state index in [4.69, 9.17) is 9.47 Å². The van der Waals surface area contributed by atoms with Crippen molar-refractivity contribution in [3.05, 3.63) is 59.7 Å². The number of ether oxygens (including phenoxy) is 2. The maximum atomic E-state index is 14.1. The first-order chi connectivity index (χ1) is 23.3. The van der Waals surface area contributed by atoms with Crippen LogP contribution in [0.5, 0.6) is 0 Å². The first-order valence-electron chi connectivity index (χ1n) is 16.4. The topological polar surface area (TPSA) is 151 Å². The lowest BCUT2D eigenvalue weighted by atomic mass is 10.00. The molecule has 0 unspecified atom stereocenters. The fourth-order valence-corrected chi connectivity index (χ4v) is 5.58. The monoisotopic (exact) mass is 698 g/mol. The summed E-state index contributed by atoms with van der Waals surface area (Å²) < 4.78 is 38.8. The van der Waals surface area contributed by atoms with Crippen LogP contribution in [0.3, 0.4) is 0 Å². The SMILES string of the molecule is CC(C)(C)OC(=O)N1C[C@@H](F)C[C@H]1C(=O)NCC(=O)c1ccc(-c2ccc(C(=O)CNC(=O)[C@@H]3C[C@H](F)CN3C(=O)OC(C)(C)C)cc2)cc1. The molecule has 2 saturated heterocycles. The highest BCUT2D eigenvalue weighted by Crippen LogP contribution is 2.25. The average Bonchev–Trinajstić information content (AvgIpc) is 3.63. The third-order valence-corrected chi connectivity index (χ3v) is 7.95. The van der Waals surface area contributed by atoms with Crippen molar-refractivity contribution in [2.45, 2.75) is 90.0 Å². The van der Waals surface area contributed by atoms with Crippen LogP contribution in [0.2, 0.25) is 0 Å². The van der Waals surface area contributed by atoms with Crippen molar-refractivity contribution in [1.29, 1.82) is 0 Å². The van der Waals surface area contributed by atoms with Gasteiger partial charge in [0.05, 0.1) is 26.2 Å². The quantitative estimate of drug-likeness (QED) is 0.360. The number of benzene rings is 2. The number of alkyl halides is 2. The summed E-state index contributed by atoms with van der Waals surface area (Å²) in [6.45, 7) is 8.76. The molecule has 4 atom stereocenters. The Bertz CT molecular complexity index is 1480. The molecule has 4 rings (SSSR count). The van der Waals surface area contributed by atoms with Gasteiger partial charge in [0.25, 0.3) is 0 Å². The molecule has 2 aromatic rings. The van der Waals surface area contributed by atoms with Crippen molar-refractivity contribution >= 4 is 35.6 Å². The normalized spacial score (nSPS) is 20.6. The molecule has 14 heteroatoms. The molecule has 2 fully saturated rings. The molecule has 270 valence electrons. The first-order valence-corrected chi connectivity index (χ1v) is 16.4. The number of likely N-dealkylation sites (tertiary alicyclic amines) is 2. The summed E-state index contributed by atoms with van der Waals surface area (Å²) in [5.41, 5.74) is 0.497. The summed E-state index contributed by atoms with van der Waals surface area (Å²) in [5.74, 6) is -2.07. The highest BCUT2D eigenvalue weighted by molar-refractivity contribution is 6.01. The van der Waals surface area contributed by atoms with E-state index in [1.807, 2.05) is 0 Å². The van der Waals surface area contributed by atoms with Crippen molar-refractivity contribution in [1.82, 2.24) is 20.4 Å². The Balaban J connectivity index is 1.28. The third kappa shape index (κ3) is 10.1. The number of nitrogens with one attached hydrogen (secondary N) is 2. The average molecular weight is 699 g/mol. The van der Waals surface area contributed by atoms with Crippen LogP contribution in [-0.2, 0) is 19.1 Å². The molecule has 2 aliphatic heterocycles. The number of ketones is 2. The summed E-state index contributed by atoms with van der Waals surface area (Å²) in [6.07, 6.45) is -4.75. The Morgan fingerprint density at radius 2 is 0.940 bits per heavy atom. The van der Waals surface area contributed by atoms with Crippen LogP contribution >= 0.6 is 0 Å². The fourth-order valence-electron chi connectivity index (χ4n) is 5.58. The van der Waals surface area contributed by atoms with Crippen LogP contribution in [0, 0.1) is 0 Å². The van der Waals surface area contributed by atoms with E-state index >= 15 is 0 Å². The highest BCUT2D eigenvalue weighted by Gasteiger charge is 2.43. The minimum Gasteiger partial charge on any atom is -0.444 e. The predicted molar refractivity (Wildman–Crippen MR) is 179 cm³/mol. The van der Waals surface area contributed by atoms with E-state index in [9.17, 15) is 37.5 Å². The number of rotatable bonds is 9. The number of carbonyl (C=O) groups is 6. The molecule has 50 heavy (non-hydrogen) atoms. The Morgan fingerprint density at radius 3 is 1.24 bits per heavy atom. The summed E-state index contributed by atoms with van der Waals surface area (Å²) in [7, 11) is 0. The summed E-state index contributed by atoms with van der Waals surface area (Å²) >= 11 is 0. The van der Waals surface area contributed by atoms with Gasteiger partial charge in [0.15, 0.2) is 11.6 Å². The van der Waals surface area contributed by atoms with E-state index in [2.05, 4.69) is 10.6 Å². The van der Waals surface area contributed by atoms with E-state index in [-0.39, 0.29) is 50.6 Å². The Hall–Kier alpha value is -4.88. The van der Waals surface area contributed by atoms with Gasteiger partial charge in [-0.15, -0.1) is 0 Å². The zero-order chi connectivity index (χ0) is 37.0. The lowest BCUT2D eigenvalue weighted by molar-refractivity contribution is -0.125. The molecule has 2 aliphatic rings. The molecule has 0 aliphatic carbocycles. The molecule has 2 N–H and O–H groups in total. The van der Waals surface area contributed by atoms with Gasteiger partial charge in [-0.3, -0.25) is 29.0 Å². The van der Waals surface area contributed by atoms with Crippen molar-refractivity contribution in [2.24, 2.45) is 0 Å². The van der Waals surface area contributed by atoms with Crippen molar-refractivity contribution < 1.29 is 47.0 Å². The molecular formula is C36H44F2N4O8. The number of halogens is 2. The molecule has 0 aromatic heterocycles. The van der Waals surface area contributed by atoms with Crippen LogP contribution in [-0.4, -0.2) is 107 Å². The Kier molecular flexibility index (Phi) is 11.6. The Morgan fingerprint density at radius 1 is 0.620 bits per heavy atom. The molecule has 12 nitrogen and oxygen atoms in total. The molecule has 2 aromatic carbocycles. The van der Waals surface area contributed by atoms with E-state index in [1.165, 1.54) is 0 Å². The Labute approximate surface area is 289 Å². The number of hydrogen-bond acceptors (Lipinski definition) is 8. The van der Waals surface area contributed by atoms with Gasteiger partial charge in [0.2, 0.25) is 11.8 Å². The predicted octanol–water partition coefficient (Wildman–Crippen LogP) is 4.65. The minimum atomic E-state index is -1.39. The zero-order valence-electron chi connectivity index (χ0n) is 29.1. The number of carbonyl (C=O) groups excluding carboxylic acids is 6. The van der Waals surface area contributed by atoms with E-state index in [0.717, 1.165) is 20.9 Å². The third-order valence-electron chi connectivity index (χ3n) is 7.95. The van der Waals surface area contributed by atoms with Gasteiger partial charge in [0.1, 0.15) is 35.6 Å². The first kappa shape index (κ1) is 37.9. The number of Topliss-reactive ketones (excluding diaryl/α,β-unsaturated/α-hetero) is 2. The lowest BCUT2D eigenvalue weighted by Gasteiger charge is -2.27. The smallest absolute Gasteiger partial charge is 0.411 e. The second-order valence-electron chi connectivity index (χ2n) is 14.4. The van der Waals surface area contributed by atoms with Gasteiger partial charge < -0.3 is 20.1 Å². The van der Waals surface area contributed by atoms with Gasteiger partial charge in [-0.2, -0.15) is 0 Å². The van der Waals surface area contributed by atoms with Gasteiger partial charge >= 0.3 is 12.2 Å². The molecule has 0 radical (unpaired) electrons. The lowest BCUT2D eigenvalue weighted by Crippen LogP contribution is -2.48. The maximum absolute atomic E-state index is 14.1. The van der Waals surface area contributed by atoms with Crippen LogP contribution in [0.15, 0.2) is 48.5 Å². The highest BCUT2D eigenvalue weighted by atomic mass is 19.1. The van der Waals surface area contributed by atoms with Gasteiger partial charge in [0, 0.05) is 24.0 Å². The van der Waals surface area contributed by atoms with E-state index < -0.39 is 59.6 Å². The van der Waals surface area contributed by atoms with Crippen LogP contribution in [0.4, 0.5) is 18.4 Å². The molecule has 0 bridgehead atoms. The molecule has 2 heterocycles. The van der Waals surface area contributed by atoms with Crippen molar-refractivity contribution in [3.63, 3.8) is 0 Å². The van der Waals surface area contributed by atoms with E-state index in [1.54, 1.807) is 90.1 Å². The standard InChI is InChI=1S/C36H44F2N4O8/c1-35(2,3)49-33(47)41-19-25(37)15-27(41)31(45)39-17-29(43)23-11-7-21(8-12-23)22-9-13-24(14-10-22)30(44)18-40-32(46)28-16-26(38)20-42(28)34(48)50-36(4,5)6/h7-14,25-28H,15-20H2,1-6H3,(H,39,45)(H,40,46)/t25-,26-,27-,28-/m0/s1. The second-order valence-corrected chi connectivity index (χ2v) is 14.4. The van der Waals surface area contributed by atoms with Gasteiger partial charge in [-0.05, 0) is 52.7 Å². The van der Waals surface area contributed by atoms with Crippen molar-refractivity contribution in [2.75, 3.05) is 26.2 Å². The van der Waals surface area contributed by atoms with Crippen LogP contribution in [0.1, 0.15) is 75.1 Å².